The van der Waals surface area contributed by atoms with Crippen molar-refractivity contribution < 1.29 is 23.8 Å². The molecule has 0 aliphatic carbocycles. The van der Waals surface area contributed by atoms with Gasteiger partial charge in [-0.1, -0.05) is 23.5 Å². The first-order valence-electron chi connectivity index (χ1n) is 12.0. The normalized spacial score (nSPS) is 15.2. The van der Waals surface area contributed by atoms with Gasteiger partial charge in [-0.15, -0.1) is 10.2 Å². The number of hydrogen-bond donors (Lipinski definition) is 1. The molecular weight excluding hydrogens is 480 g/mol. The zero-order valence-corrected chi connectivity index (χ0v) is 21.7. The topological polar surface area (TPSA) is 103 Å². The fourth-order valence-electron chi connectivity index (χ4n) is 4.06. The second-order valence-electron chi connectivity index (χ2n) is 8.24. The number of benzene rings is 2. The van der Waals surface area contributed by atoms with Crippen LogP contribution in [0.5, 0.6) is 17.2 Å². The number of carbonyl (C=O) groups excluding carboxylic acids is 2. The number of amides is 2. The summed E-state index contributed by atoms with van der Waals surface area (Å²) in [4.78, 5) is 27.5. The number of aryl methyl sites for hydroxylation is 1. The highest BCUT2D eigenvalue weighted by atomic mass is 32.1. The Bertz CT molecular complexity index is 1220. The molecule has 2 amide bonds. The molecule has 0 saturated carbocycles. The van der Waals surface area contributed by atoms with Crippen LogP contribution in [-0.4, -0.2) is 48.4 Å². The van der Waals surface area contributed by atoms with Crippen molar-refractivity contribution in [3.05, 3.63) is 52.5 Å². The van der Waals surface area contributed by atoms with Crippen LogP contribution in [0.4, 0.5) is 10.8 Å². The van der Waals surface area contributed by atoms with Gasteiger partial charge in [0.05, 0.1) is 19.8 Å². The Morgan fingerprint density at radius 3 is 2.39 bits per heavy atom. The smallest absolute Gasteiger partial charge is 0.257 e. The molecule has 1 saturated heterocycles. The molecule has 1 aliphatic rings. The number of aromatic nitrogens is 2. The summed E-state index contributed by atoms with van der Waals surface area (Å²) in [6, 6.07) is 11.1. The first kappa shape index (κ1) is 25.4. The molecule has 0 bridgehead atoms. The van der Waals surface area contributed by atoms with Gasteiger partial charge in [0, 0.05) is 30.1 Å². The zero-order chi connectivity index (χ0) is 25.7. The number of anilines is 2. The summed E-state index contributed by atoms with van der Waals surface area (Å²) >= 11 is 1.28. The van der Waals surface area contributed by atoms with Gasteiger partial charge in [0.15, 0.2) is 11.5 Å². The van der Waals surface area contributed by atoms with E-state index in [0.29, 0.717) is 65.7 Å². The van der Waals surface area contributed by atoms with Crippen LogP contribution in [-0.2, 0) is 4.79 Å². The standard InChI is InChI=1S/C26H30N4O5S/c1-5-33-20-12-17(13-21(34-6-2)23(20)35-7-3)24(32)27-26-29-28-25(36-26)18-14-22(31)30(15-18)19-10-8-9-16(4)11-19/h8-13,18H,5-7,14-15H2,1-4H3,(H,27,29,32). The third kappa shape index (κ3) is 5.59. The van der Waals surface area contributed by atoms with Crippen LogP contribution in [0, 0.1) is 6.92 Å². The monoisotopic (exact) mass is 510 g/mol. The lowest BCUT2D eigenvalue weighted by Gasteiger charge is -2.17. The number of ether oxygens (including phenoxy) is 3. The summed E-state index contributed by atoms with van der Waals surface area (Å²) in [5.41, 5.74) is 2.33. The first-order chi connectivity index (χ1) is 17.4. The van der Waals surface area contributed by atoms with Crippen LogP contribution in [0.25, 0.3) is 0 Å². The van der Waals surface area contributed by atoms with Gasteiger partial charge >= 0.3 is 0 Å². The minimum absolute atomic E-state index is 0.0488. The van der Waals surface area contributed by atoms with Crippen LogP contribution >= 0.6 is 11.3 Å². The van der Waals surface area contributed by atoms with E-state index >= 15 is 0 Å². The minimum Gasteiger partial charge on any atom is -0.490 e. The highest BCUT2D eigenvalue weighted by Gasteiger charge is 2.34. The van der Waals surface area contributed by atoms with Gasteiger partial charge < -0.3 is 19.1 Å². The Morgan fingerprint density at radius 1 is 1.06 bits per heavy atom. The molecule has 10 heteroatoms. The van der Waals surface area contributed by atoms with Crippen molar-refractivity contribution in [2.45, 2.75) is 40.0 Å². The van der Waals surface area contributed by atoms with Gasteiger partial charge in [-0.3, -0.25) is 14.9 Å². The Balaban J connectivity index is 1.50. The Kier molecular flexibility index (Phi) is 8.04. The van der Waals surface area contributed by atoms with E-state index in [2.05, 4.69) is 15.5 Å². The van der Waals surface area contributed by atoms with Gasteiger partial charge in [-0.25, -0.2) is 0 Å². The van der Waals surface area contributed by atoms with Crippen LogP contribution < -0.4 is 24.4 Å². The van der Waals surface area contributed by atoms with Gasteiger partial charge in [0.1, 0.15) is 5.01 Å². The molecule has 1 unspecified atom stereocenters. The minimum atomic E-state index is -0.369. The van der Waals surface area contributed by atoms with E-state index in [-0.39, 0.29) is 17.7 Å². The van der Waals surface area contributed by atoms with E-state index in [0.717, 1.165) is 11.3 Å². The molecular formula is C26H30N4O5S. The second kappa shape index (κ2) is 11.4. The molecule has 4 rings (SSSR count). The number of rotatable bonds is 10. The molecule has 9 nitrogen and oxygen atoms in total. The number of nitrogens with one attached hydrogen (secondary N) is 1. The van der Waals surface area contributed by atoms with Gasteiger partial charge in [-0.2, -0.15) is 0 Å². The molecule has 1 fully saturated rings. The predicted molar refractivity (Wildman–Crippen MR) is 139 cm³/mol. The van der Waals surface area contributed by atoms with Crippen molar-refractivity contribution in [2.24, 2.45) is 0 Å². The number of hydrogen-bond acceptors (Lipinski definition) is 8. The van der Waals surface area contributed by atoms with Crippen LogP contribution in [0.3, 0.4) is 0 Å². The summed E-state index contributed by atoms with van der Waals surface area (Å²) in [7, 11) is 0. The second-order valence-corrected chi connectivity index (χ2v) is 9.25. The maximum Gasteiger partial charge on any atom is 0.257 e. The van der Waals surface area contributed by atoms with Crippen LogP contribution in [0.2, 0.25) is 0 Å². The SMILES string of the molecule is CCOc1cc(C(=O)Nc2nnc(C3CC(=O)N(c4cccc(C)c4)C3)s2)cc(OCC)c1OCC. The Hall–Kier alpha value is -3.66. The molecule has 3 aromatic rings. The van der Waals surface area contributed by atoms with E-state index in [1.165, 1.54) is 11.3 Å². The first-order valence-corrected chi connectivity index (χ1v) is 12.8. The van der Waals surface area contributed by atoms with E-state index in [1.54, 1.807) is 17.0 Å². The molecule has 1 aliphatic heterocycles. The molecule has 1 atom stereocenters. The average Bonchev–Trinajstić information content (AvgIpc) is 3.47. The lowest BCUT2D eigenvalue weighted by atomic mass is 10.1. The Labute approximate surface area is 214 Å². The summed E-state index contributed by atoms with van der Waals surface area (Å²) in [5.74, 6) is 0.947. The quantitative estimate of drug-likeness (QED) is 0.417. The molecule has 0 radical (unpaired) electrons. The Morgan fingerprint density at radius 2 is 1.75 bits per heavy atom. The third-order valence-electron chi connectivity index (χ3n) is 5.62. The highest BCUT2D eigenvalue weighted by molar-refractivity contribution is 7.15. The summed E-state index contributed by atoms with van der Waals surface area (Å²) in [6.45, 7) is 9.38. The van der Waals surface area contributed by atoms with Crippen molar-refractivity contribution in [1.82, 2.24) is 10.2 Å². The fraction of sp³-hybridized carbons (Fsp3) is 0.385. The summed E-state index contributed by atoms with van der Waals surface area (Å²) in [6.07, 6.45) is 0.352. The number of nitrogens with zero attached hydrogens (tertiary/aromatic N) is 3. The zero-order valence-electron chi connectivity index (χ0n) is 20.9. The molecule has 1 aromatic heterocycles. The maximum absolute atomic E-state index is 13.1. The predicted octanol–water partition coefficient (Wildman–Crippen LogP) is 4.82. The number of carbonyl (C=O) groups is 2. The molecule has 2 heterocycles. The van der Waals surface area contributed by atoms with E-state index in [1.807, 2.05) is 52.0 Å². The molecule has 1 N–H and O–H groups in total. The summed E-state index contributed by atoms with van der Waals surface area (Å²) in [5, 5.41) is 12.3. The van der Waals surface area contributed by atoms with Crippen LogP contribution in [0.15, 0.2) is 36.4 Å². The van der Waals surface area contributed by atoms with E-state index in [9.17, 15) is 9.59 Å². The average molecular weight is 511 g/mol. The van der Waals surface area contributed by atoms with Crippen LogP contribution in [0.1, 0.15) is 54.0 Å². The van der Waals surface area contributed by atoms with Gasteiger partial charge in [-0.05, 0) is 57.5 Å². The molecule has 36 heavy (non-hydrogen) atoms. The van der Waals surface area contributed by atoms with Gasteiger partial charge in [0.25, 0.3) is 5.91 Å². The summed E-state index contributed by atoms with van der Waals surface area (Å²) < 4.78 is 17.1. The molecule has 190 valence electrons. The largest absolute Gasteiger partial charge is 0.490 e. The lowest BCUT2D eigenvalue weighted by Crippen LogP contribution is -2.24. The maximum atomic E-state index is 13.1. The van der Waals surface area contributed by atoms with Crippen molar-refractivity contribution in [1.29, 1.82) is 0 Å². The lowest BCUT2D eigenvalue weighted by molar-refractivity contribution is -0.117. The van der Waals surface area contributed by atoms with Crippen molar-refractivity contribution in [3.63, 3.8) is 0 Å². The molecule has 2 aromatic carbocycles. The fourth-order valence-corrected chi connectivity index (χ4v) is 4.89. The van der Waals surface area contributed by atoms with Crippen molar-refractivity contribution in [3.8, 4) is 17.2 Å². The highest BCUT2D eigenvalue weighted by Crippen LogP contribution is 2.40. The van der Waals surface area contributed by atoms with Crippen molar-refractivity contribution >= 4 is 34.0 Å². The van der Waals surface area contributed by atoms with Gasteiger partial charge in [0.2, 0.25) is 16.8 Å². The molecule has 0 spiro atoms. The third-order valence-corrected chi connectivity index (χ3v) is 6.62. The van der Waals surface area contributed by atoms with E-state index in [4.69, 9.17) is 14.2 Å². The van der Waals surface area contributed by atoms with Crippen molar-refractivity contribution in [2.75, 3.05) is 36.6 Å². The van der Waals surface area contributed by atoms with E-state index < -0.39 is 0 Å².